The normalized spacial score (nSPS) is 10.5. The first-order valence-corrected chi connectivity index (χ1v) is 7.41. The van der Waals surface area contributed by atoms with Crippen LogP contribution in [-0.4, -0.2) is 36.1 Å². The SMILES string of the molecule is COc1cc(C(=O)NCCc2ccccn2)c([N+](=O)[O-])cc1OC(F)F. The number of methoxy groups -OCH3 is 1. The topological polar surface area (TPSA) is 104 Å². The molecule has 0 atom stereocenters. The van der Waals surface area contributed by atoms with Gasteiger partial charge in [-0.05, 0) is 12.1 Å². The summed E-state index contributed by atoms with van der Waals surface area (Å²) in [7, 11) is 1.17. The van der Waals surface area contributed by atoms with Gasteiger partial charge in [0.2, 0.25) is 0 Å². The van der Waals surface area contributed by atoms with E-state index in [0.717, 1.165) is 17.8 Å². The quantitative estimate of drug-likeness (QED) is 0.568. The first-order valence-electron chi connectivity index (χ1n) is 7.41. The Kier molecular flexibility index (Phi) is 6.36. The number of amides is 1. The summed E-state index contributed by atoms with van der Waals surface area (Å²) in [4.78, 5) is 26.7. The monoisotopic (exact) mass is 367 g/mol. The smallest absolute Gasteiger partial charge is 0.387 e. The minimum absolute atomic E-state index is 0.185. The van der Waals surface area contributed by atoms with Crippen molar-refractivity contribution in [3.8, 4) is 11.5 Å². The number of alkyl halides is 2. The highest BCUT2D eigenvalue weighted by atomic mass is 19.3. The molecule has 2 rings (SSSR count). The molecular formula is C16H15F2N3O5. The molecule has 1 heterocycles. The molecular weight excluding hydrogens is 352 g/mol. The predicted molar refractivity (Wildman–Crippen MR) is 86.6 cm³/mol. The molecule has 0 unspecified atom stereocenters. The Balaban J connectivity index is 2.20. The zero-order valence-corrected chi connectivity index (χ0v) is 13.6. The van der Waals surface area contributed by atoms with E-state index >= 15 is 0 Å². The minimum atomic E-state index is -3.19. The van der Waals surface area contributed by atoms with Gasteiger partial charge in [-0.25, -0.2) is 0 Å². The second kappa shape index (κ2) is 8.70. The number of carbonyl (C=O) groups excluding carboxylic acids is 1. The van der Waals surface area contributed by atoms with Crippen molar-refractivity contribution in [2.75, 3.05) is 13.7 Å². The molecule has 0 spiro atoms. The van der Waals surface area contributed by atoms with Crippen molar-refractivity contribution in [3.05, 3.63) is 57.9 Å². The fourth-order valence-corrected chi connectivity index (χ4v) is 2.18. The molecule has 1 aromatic heterocycles. The van der Waals surface area contributed by atoms with E-state index in [-0.39, 0.29) is 17.9 Å². The molecule has 0 fully saturated rings. The predicted octanol–water partition coefficient (Wildman–Crippen LogP) is 2.57. The number of aromatic nitrogens is 1. The molecule has 0 saturated heterocycles. The average molecular weight is 367 g/mol. The van der Waals surface area contributed by atoms with Crippen LogP contribution in [0.4, 0.5) is 14.5 Å². The molecule has 1 N–H and O–H groups in total. The summed E-state index contributed by atoms with van der Waals surface area (Å²) >= 11 is 0. The van der Waals surface area contributed by atoms with Gasteiger partial charge in [-0.3, -0.25) is 19.9 Å². The maximum atomic E-state index is 12.4. The van der Waals surface area contributed by atoms with Crippen LogP contribution in [0.3, 0.4) is 0 Å². The van der Waals surface area contributed by atoms with Crippen LogP contribution in [0.25, 0.3) is 0 Å². The summed E-state index contributed by atoms with van der Waals surface area (Å²) < 4.78 is 33.9. The number of hydrogen-bond donors (Lipinski definition) is 1. The fourth-order valence-electron chi connectivity index (χ4n) is 2.18. The first kappa shape index (κ1) is 19.0. The maximum Gasteiger partial charge on any atom is 0.387 e. The molecule has 0 aliphatic carbocycles. The van der Waals surface area contributed by atoms with Gasteiger partial charge in [0.15, 0.2) is 11.5 Å². The molecule has 10 heteroatoms. The van der Waals surface area contributed by atoms with E-state index in [1.54, 1.807) is 24.4 Å². The molecule has 2 aromatic rings. The highest BCUT2D eigenvalue weighted by Crippen LogP contribution is 2.35. The van der Waals surface area contributed by atoms with E-state index in [0.29, 0.717) is 6.42 Å². The van der Waals surface area contributed by atoms with Crippen LogP contribution in [0.15, 0.2) is 36.5 Å². The lowest BCUT2D eigenvalue weighted by molar-refractivity contribution is -0.385. The van der Waals surface area contributed by atoms with Gasteiger partial charge >= 0.3 is 6.61 Å². The number of rotatable bonds is 8. The maximum absolute atomic E-state index is 12.4. The third kappa shape index (κ3) is 4.85. The number of halogens is 2. The molecule has 26 heavy (non-hydrogen) atoms. The van der Waals surface area contributed by atoms with Crippen LogP contribution >= 0.6 is 0 Å². The van der Waals surface area contributed by atoms with E-state index in [2.05, 4.69) is 15.0 Å². The van der Waals surface area contributed by atoms with Crippen molar-refractivity contribution in [1.29, 1.82) is 0 Å². The van der Waals surface area contributed by atoms with Gasteiger partial charge < -0.3 is 14.8 Å². The van der Waals surface area contributed by atoms with E-state index < -0.39 is 28.9 Å². The second-order valence-corrected chi connectivity index (χ2v) is 4.98. The lowest BCUT2D eigenvalue weighted by Gasteiger charge is -2.12. The number of nitrogens with one attached hydrogen (secondary N) is 1. The van der Waals surface area contributed by atoms with Crippen molar-refractivity contribution in [2.24, 2.45) is 0 Å². The summed E-state index contributed by atoms with van der Waals surface area (Å²) in [5, 5.41) is 13.7. The Labute approximate surface area is 146 Å². The average Bonchev–Trinajstić information content (AvgIpc) is 2.61. The van der Waals surface area contributed by atoms with Gasteiger partial charge in [0.1, 0.15) is 5.56 Å². The number of nitro groups is 1. The molecule has 0 aliphatic rings. The van der Waals surface area contributed by atoms with Crippen LogP contribution < -0.4 is 14.8 Å². The number of hydrogen-bond acceptors (Lipinski definition) is 6. The van der Waals surface area contributed by atoms with Crippen LogP contribution in [-0.2, 0) is 6.42 Å². The Morgan fingerprint density at radius 2 is 2.12 bits per heavy atom. The molecule has 1 aromatic carbocycles. The number of carbonyl (C=O) groups is 1. The molecule has 0 bridgehead atoms. The lowest BCUT2D eigenvalue weighted by Crippen LogP contribution is -2.26. The Morgan fingerprint density at radius 1 is 1.35 bits per heavy atom. The van der Waals surface area contributed by atoms with Gasteiger partial charge in [0.05, 0.1) is 18.1 Å². The highest BCUT2D eigenvalue weighted by molar-refractivity contribution is 5.99. The van der Waals surface area contributed by atoms with Gasteiger partial charge in [0, 0.05) is 30.9 Å². The van der Waals surface area contributed by atoms with E-state index in [4.69, 9.17) is 4.74 Å². The lowest BCUT2D eigenvalue weighted by atomic mass is 10.1. The van der Waals surface area contributed by atoms with E-state index in [1.165, 1.54) is 7.11 Å². The molecule has 138 valence electrons. The zero-order valence-electron chi connectivity index (χ0n) is 13.6. The summed E-state index contributed by atoms with van der Waals surface area (Å²) in [5.74, 6) is -1.49. The van der Waals surface area contributed by atoms with Crippen molar-refractivity contribution < 1.29 is 28.0 Å². The number of nitrogens with zero attached hydrogens (tertiary/aromatic N) is 2. The van der Waals surface area contributed by atoms with E-state index in [1.807, 2.05) is 0 Å². The summed E-state index contributed by atoms with van der Waals surface area (Å²) in [6, 6.07) is 7.04. The largest absolute Gasteiger partial charge is 0.493 e. The Bertz CT molecular complexity index is 787. The highest BCUT2D eigenvalue weighted by Gasteiger charge is 2.25. The van der Waals surface area contributed by atoms with Crippen LogP contribution in [0.1, 0.15) is 16.1 Å². The standard InChI is InChI=1S/C16H15F2N3O5/c1-25-13-8-11(12(21(23)24)9-14(13)26-16(17)18)15(22)20-7-5-10-4-2-3-6-19-10/h2-4,6,8-9,16H,5,7H2,1H3,(H,20,22). The van der Waals surface area contributed by atoms with Crippen LogP contribution in [0, 0.1) is 10.1 Å². The Morgan fingerprint density at radius 3 is 2.69 bits per heavy atom. The van der Waals surface area contributed by atoms with Crippen LogP contribution in [0.2, 0.25) is 0 Å². The number of ether oxygens (including phenoxy) is 2. The molecule has 8 nitrogen and oxygen atoms in total. The zero-order chi connectivity index (χ0) is 19.1. The summed E-state index contributed by atoms with van der Waals surface area (Å²) in [6.45, 7) is -3.01. The van der Waals surface area contributed by atoms with E-state index in [9.17, 15) is 23.7 Å². The third-order valence-electron chi connectivity index (χ3n) is 3.33. The van der Waals surface area contributed by atoms with Crippen molar-refractivity contribution in [2.45, 2.75) is 13.0 Å². The van der Waals surface area contributed by atoms with Crippen molar-refractivity contribution >= 4 is 11.6 Å². The summed E-state index contributed by atoms with van der Waals surface area (Å²) in [5.41, 5.74) is -0.258. The van der Waals surface area contributed by atoms with Crippen LogP contribution in [0.5, 0.6) is 11.5 Å². The van der Waals surface area contributed by atoms with Gasteiger partial charge in [-0.15, -0.1) is 0 Å². The van der Waals surface area contributed by atoms with Crippen molar-refractivity contribution in [1.82, 2.24) is 10.3 Å². The molecule has 0 saturated carbocycles. The molecule has 0 radical (unpaired) electrons. The molecule has 0 aliphatic heterocycles. The second-order valence-electron chi connectivity index (χ2n) is 4.98. The van der Waals surface area contributed by atoms with Gasteiger partial charge in [-0.1, -0.05) is 6.07 Å². The third-order valence-corrected chi connectivity index (χ3v) is 3.33. The fraction of sp³-hybridized carbons (Fsp3) is 0.250. The minimum Gasteiger partial charge on any atom is -0.493 e. The number of pyridine rings is 1. The Hall–Kier alpha value is -3.30. The van der Waals surface area contributed by atoms with Gasteiger partial charge in [-0.2, -0.15) is 8.78 Å². The van der Waals surface area contributed by atoms with Crippen molar-refractivity contribution in [3.63, 3.8) is 0 Å². The molecule has 1 amide bonds. The summed E-state index contributed by atoms with van der Waals surface area (Å²) in [6.07, 6.45) is 2.03. The number of nitro benzene ring substituents is 1. The van der Waals surface area contributed by atoms with Gasteiger partial charge in [0.25, 0.3) is 11.6 Å². The first-order chi connectivity index (χ1) is 12.4. The number of benzene rings is 1.